The SMILES string of the molecule is Cc1nn(C)c(C)c1C=C1SC(=O)NC1=Nc1ccc2c(c1)OCO2. The maximum absolute atomic E-state index is 11.9. The van der Waals surface area contributed by atoms with Crippen LogP contribution in [-0.4, -0.2) is 27.6 Å². The summed E-state index contributed by atoms with van der Waals surface area (Å²) in [7, 11) is 1.90. The van der Waals surface area contributed by atoms with Gasteiger partial charge in [-0.3, -0.25) is 9.48 Å². The van der Waals surface area contributed by atoms with E-state index in [-0.39, 0.29) is 12.0 Å². The van der Waals surface area contributed by atoms with Crippen molar-refractivity contribution in [1.82, 2.24) is 15.1 Å². The number of aromatic nitrogens is 2. The summed E-state index contributed by atoms with van der Waals surface area (Å²) in [5.74, 6) is 1.88. The van der Waals surface area contributed by atoms with Gasteiger partial charge in [-0.05, 0) is 43.8 Å². The first kappa shape index (κ1) is 15.8. The van der Waals surface area contributed by atoms with Crippen molar-refractivity contribution in [3.8, 4) is 11.5 Å². The number of ether oxygens (including phenoxy) is 2. The highest BCUT2D eigenvalue weighted by Gasteiger charge is 2.25. The van der Waals surface area contributed by atoms with Crippen LogP contribution in [0.2, 0.25) is 0 Å². The number of amidine groups is 1. The van der Waals surface area contributed by atoms with Gasteiger partial charge in [-0.2, -0.15) is 5.10 Å². The van der Waals surface area contributed by atoms with E-state index >= 15 is 0 Å². The molecule has 2 aromatic rings. The van der Waals surface area contributed by atoms with Crippen LogP contribution in [0.5, 0.6) is 11.5 Å². The fourth-order valence-corrected chi connectivity index (χ4v) is 3.44. The normalized spacial score (nSPS) is 19.1. The van der Waals surface area contributed by atoms with Crippen LogP contribution in [0, 0.1) is 13.8 Å². The van der Waals surface area contributed by atoms with Gasteiger partial charge in [0, 0.05) is 24.4 Å². The van der Waals surface area contributed by atoms with Gasteiger partial charge in [0.2, 0.25) is 6.79 Å². The molecular formula is C17H16N4O3S. The van der Waals surface area contributed by atoms with Crippen LogP contribution in [0.15, 0.2) is 28.1 Å². The number of nitrogens with one attached hydrogen (secondary N) is 1. The highest BCUT2D eigenvalue weighted by Crippen LogP contribution is 2.36. The fraction of sp³-hybridized carbons (Fsp3) is 0.235. The predicted molar refractivity (Wildman–Crippen MR) is 96.4 cm³/mol. The van der Waals surface area contributed by atoms with Crippen LogP contribution in [0.3, 0.4) is 0 Å². The Hall–Kier alpha value is -2.74. The Bertz CT molecular complexity index is 946. The molecule has 0 bridgehead atoms. The van der Waals surface area contributed by atoms with Gasteiger partial charge in [-0.25, -0.2) is 4.99 Å². The number of thioether (sulfide) groups is 1. The van der Waals surface area contributed by atoms with Crippen LogP contribution in [-0.2, 0) is 7.05 Å². The first-order chi connectivity index (χ1) is 12.0. The lowest BCUT2D eigenvalue weighted by molar-refractivity contribution is 0.174. The van der Waals surface area contributed by atoms with Gasteiger partial charge < -0.3 is 14.8 Å². The van der Waals surface area contributed by atoms with Crippen molar-refractivity contribution >= 4 is 34.6 Å². The summed E-state index contributed by atoms with van der Waals surface area (Å²) < 4.78 is 12.5. The largest absolute Gasteiger partial charge is 0.454 e. The Morgan fingerprint density at radius 3 is 2.88 bits per heavy atom. The van der Waals surface area contributed by atoms with Crippen molar-refractivity contribution in [3.63, 3.8) is 0 Å². The number of aliphatic imine (C=N–C) groups is 1. The zero-order valence-electron chi connectivity index (χ0n) is 14.0. The molecule has 0 radical (unpaired) electrons. The predicted octanol–water partition coefficient (Wildman–Crippen LogP) is 3.29. The third-order valence-electron chi connectivity index (χ3n) is 4.09. The molecule has 1 saturated heterocycles. The molecule has 0 aliphatic carbocycles. The average Bonchev–Trinajstić information content (AvgIpc) is 3.23. The Balaban J connectivity index is 1.72. The second kappa shape index (κ2) is 5.96. The molecule has 1 N–H and O–H groups in total. The number of carbonyl (C=O) groups is 1. The molecule has 0 unspecified atom stereocenters. The molecule has 0 spiro atoms. The maximum Gasteiger partial charge on any atom is 0.289 e. The molecule has 128 valence electrons. The van der Waals surface area contributed by atoms with E-state index in [0.29, 0.717) is 23.0 Å². The van der Waals surface area contributed by atoms with Crippen molar-refractivity contribution < 1.29 is 14.3 Å². The lowest BCUT2D eigenvalue weighted by Gasteiger charge is -2.02. The quantitative estimate of drug-likeness (QED) is 0.893. The van der Waals surface area contributed by atoms with Crippen molar-refractivity contribution in [2.45, 2.75) is 13.8 Å². The molecule has 1 amide bonds. The topological polar surface area (TPSA) is 77.7 Å². The molecule has 1 fully saturated rings. The molecule has 4 rings (SSSR count). The van der Waals surface area contributed by atoms with E-state index in [1.165, 1.54) is 0 Å². The van der Waals surface area contributed by atoms with E-state index in [4.69, 9.17) is 9.47 Å². The number of aryl methyl sites for hydroxylation is 2. The summed E-state index contributed by atoms with van der Waals surface area (Å²) in [6, 6.07) is 5.43. The maximum atomic E-state index is 11.9. The second-order valence-electron chi connectivity index (χ2n) is 5.73. The van der Waals surface area contributed by atoms with E-state index in [0.717, 1.165) is 33.6 Å². The van der Waals surface area contributed by atoms with Crippen LogP contribution in [0.1, 0.15) is 17.0 Å². The average molecular weight is 356 g/mol. The van der Waals surface area contributed by atoms with E-state index in [2.05, 4.69) is 15.4 Å². The van der Waals surface area contributed by atoms with E-state index in [1.807, 2.05) is 43.8 Å². The van der Waals surface area contributed by atoms with Crippen molar-refractivity contribution in [3.05, 3.63) is 40.1 Å². The number of hydrogen-bond acceptors (Lipinski definition) is 6. The summed E-state index contributed by atoms with van der Waals surface area (Å²) in [6.45, 7) is 4.16. The highest BCUT2D eigenvalue weighted by atomic mass is 32.2. The Morgan fingerprint density at radius 2 is 2.12 bits per heavy atom. The Kier molecular flexibility index (Phi) is 3.76. The number of rotatable bonds is 2. The zero-order valence-corrected chi connectivity index (χ0v) is 14.8. The second-order valence-corrected chi connectivity index (χ2v) is 6.74. The first-order valence-corrected chi connectivity index (χ1v) is 8.52. The molecule has 25 heavy (non-hydrogen) atoms. The molecule has 0 saturated carbocycles. The van der Waals surface area contributed by atoms with E-state index < -0.39 is 0 Å². The van der Waals surface area contributed by atoms with E-state index in [9.17, 15) is 4.79 Å². The minimum Gasteiger partial charge on any atom is -0.454 e. The molecule has 1 aromatic heterocycles. The highest BCUT2D eigenvalue weighted by molar-refractivity contribution is 8.18. The third kappa shape index (κ3) is 2.89. The number of carbonyl (C=O) groups excluding carboxylic acids is 1. The van der Waals surface area contributed by atoms with Gasteiger partial charge in [-0.15, -0.1) is 0 Å². The van der Waals surface area contributed by atoms with Crippen LogP contribution < -0.4 is 14.8 Å². The molecule has 0 atom stereocenters. The molecule has 2 aliphatic rings. The van der Waals surface area contributed by atoms with Gasteiger partial charge in [0.05, 0.1) is 16.3 Å². The monoisotopic (exact) mass is 356 g/mol. The number of benzene rings is 1. The van der Waals surface area contributed by atoms with Crippen molar-refractivity contribution in [2.75, 3.05) is 6.79 Å². The molecule has 7 nitrogen and oxygen atoms in total. The minimum absolute atomic E-state index is 0.148. The first-order valence-electron chi connectivity index (χ1n) is 7.70. The molecule has 8 heteroatoms. The molecule has 2 aliphatic heterocycles. The van der Waals surface area contributed by atoms with Gasteiger partial charge in [0.15, 0.2) is 11.5 Å². The standard InChI is InChI=1S/C17H16N4O3S/c1-9-12(10(2)21(3)20-9)7-15-16(19-17(22)25-15)18-11-4-5-13-14(6-11)24-8-23-13/h4-7H,8H2,1-3H3,(H,18,19,22). The summed E-state index contributed by atoms with van der Waals surface area (Å²) in [6.07, 6.45) is 1.95. The van der Waals surface area contributed by atoms with Crippen LogP contribution in [0.25, 0.3) is 6.08 Å². The zero-order chi connectivity index (χ0) is 17.6. The summed E-state index contributed by atoms with van der Waals surface area (Å²) in [5, 5.41) is 7.05. The van der Waals surface area contributed by atoms with Gasteiger partial charge in [0.25, 0.3) is 5.24 Å². The number of fused-ring (bicyclic) bond motifs is 1. The smallest absolute Gasteiger partial charge is 0.289 e. The molecular weight excluding hydrogens is 340 g/mol. The van der Waals surface area contributed by atoms with Gasteiger partial charge >= 0.3 is 0 Å². The molecule has 3 heterocycles. The minimum atomic E-state index is -0.148. The summed E-state index contributed by atoms with van der Waals surface area (Å²) >= 11 is 1.13. The van der Waals surface area contributed by atoms with E-state index in [1.54, 1.807) is 6.07 Å². The Labute approximate surface area is 148 Å². The van der Waals surface area contributed by atoms with Crippen molar-refractivity contribution in [2.24, 2.45) is 12.0 Å². The molecule has 1 aromatic carbocycles. The summed E-state index contributed by atoms with van der Waals surface area (Å²) in [4.78, 5) is 17.2. The Morgan fingerprint density at radius 1 is 1.32 bits per heavy atom. The lowest BCUT2D eigenvalue weighted by atomic mass is 10.2. The van der Waals surface area contributed by atoms with Gasteiger partial charge in [0.1, 0.15) is 5.84 Å². The lowest BCUT2D eigenvalue weighted by Crippen LogP contribution is -2.18. The summed E-state index contributed by atoms with van der Waals surface area (Å²) in [5.41, 5.74) is 3.63. The van der Waals surface area contributed by atoms with Crippen molar-refractivity contribution in [1.29, 1.82) is 0 Å². The third-order valence-corrected chi connectivity index (χ3v) is 4.91. The van der Waals surface area contributed by atoms with Crippen LogP contribution in [0.4, 0.5) is 10.5 Å². The van der Waals surface area contributed by atoms with Gasteiger partial charge in [-0.1, -0.05) is 0 Å². The number of hydrogen-bond donors (Lipinski definition) is 1. The fourth-order valence-electron chi connectivity index (χ4n) is 2.73. The van der Waals surface area contributed by atoms with Crippen LogP contribution >= 0.6 is 11.8 Å². The number of nitrogens with zero attached hydrogens (tertiary/aromatic N) is 3. The number of amides is 1.